The monoisotopic (exact) mass is 447 g/mol. The summed E-state index contributed by atoms with van der Waals surface area (Å²) in [5.41, 5.74) is 1.31. The van der Waals surface area contributed by atoms with Gasteiger partial charge in [0.25, 0.3) is 17.5 Å². The van der Waals surface area contributed by atoms with Crippen molar-refractivity contribution >= 4 is 28.9 Å². The zero-order chi connectivity index (χ0) is 23.2. The summed E-state index contributed by atoms with van der Waals surface area (Å²) in [5, 5.41) is 13.5. The highest BCUT2D eigenvalue weighted by Crippen LogP contribution is 2.34. The van der Waals surface area contributed by atoms with E-state index in [-0.39, 0.29) is 23.8 Å². The normalized spacial score (nSPS) is 12.5. The van der Waals surface area contributed by atoms with Gasteiger partial charge in [-0.2, -0.15) is 0 Å². The standard InChI is InChI=1S/C24H21N3O6/c28-23-16-33-22-15-18(25-24(29)17-7-10-19(11-8-17)27(30)31)9-12-21(22)26(23)13-4-14-32-20-5-2-1-3-6-20/h1-3,5-12,15H,4,13-14,16H2,(H,25,29). The quantitative estimate of drug-likeness (QED) is 0.317. The van der Waals surface area contributed by atoms with E-state index >= 15 is 0 Å². The summed E-state index contributed by atoms with van der Waals surface area (Å²) < 4.78 is 11.3. The number of benzene rings is 3. The van der Waals surface area contributed by atoms with Gasteiger partial charge in [0.2, 0.25) is 0 Å². The zero-order valence-electron chi connectivity index (χ0n) is 17.6. The fraction of sp³-hybridized carbons (Fsp3) is 0.167. The van der Waals surface area contributed by atoms with Crippen molar-refractivity contribution in [3.05, 3.63) is 88.5 Å². The van der Waals surface area contributed by atoms with Crippen LogP contribution < -0.4 is 19.7 Å². The lowest BCUT2D eigenvalue weighted by atomic mass is 10.1. The van der Waals surface area contributed by atoms with Crippen LogP contribution in [0.2, 0.25) is 0 Å². The number of nitrogens with one attached hydrogen (secondary N) is 1. The molecule has 1 N–H and O–H groups in total. The Labute approximate surface area is 189 Å². The molecule has 0 fully saturated rings. The molecule has 0 aromatic heterocycles. The van der Waals surface area contributed by atoms with Gasteiger partial charge >= 0.3 is 0 Å². The third kappa shape index (κ3) is 5.27. The summed E-state index contributed by atoms with van der Waals surface area (Å²) in [7, 11) is 0. The predicted octanol–water partition coefficient (Wildman–Crippen LogP) is 4.04. The first-order valence-corrected chi connectivity index (χ1v) is 10.3. The third-order valence-corrected chi connectivity index (χ3v) is 5.04. The van der Waals surface area contributed by atoms with Crippen LogP contribution in [0.15, 0.2) is 72.8 Å². The number of non-ortho nitro benzene ring substituents is 1. The van der Waals surface area contributed by atoms with Crippen molar-refractivity contribution in [1.82, 2.24) is 0 Å². The van der Waals surface area contributed by atoms with Crippen molar-refractivity contribution in [3.8, 4) is 11.5 Å². The minimum atomic E-state index is -0.524. The smallest absolute Gasteiger partial charge is 0.269 e. The molecule has 1 heterocycles. The molecule has 3 aromatic carbocycles. The van der Waals surface area contributed by atoms with Gasteiger partial charge in [0.15, 0.2) is 6.61 Å². The Morgan fingerprint density at radius 3 is 2.58 bits per heavy atom. The first kappa shape index (κ1) is 21.8. The molecule has 2 amide bonds. The van der Waals surface area contributed by atoms with Gasteiger partial charge in [-0.05, 0) is 42.8 Å². The Bertz CT molecular complexity index is 1160. The van der Waals surface area contributed by atoms with E-state index in [0.717, 1.165) is 5.75 Å². The van der Waals surface area contributed by atoms with Gasteiger partial charge in [0.05, 0.1) is 17.2 Å². The average molecular weight is 447 g/mol. The molecular weight excluding hydrogens is 426 g/mol. The van der Waals surface area contributed by atoms with E-state index in [1.54, 1.807) is 23.1 Å². The van der Waals surface area contributed by atoms with Crippen molar-refractivity contribution in [2.45, 2.75) is 6.42 Å². The Morgan fingerprint density at radius 1 is 1.09 bits per heavy atom. The van der Waals surface area contributed by atoms with Crippen molar-refractivity contribution in [2.75, 3.05) is 30.0 Å². The van der Waals surface area contributed by atoms with Crippen LogP contribution in [0.4, 0.5) is 17.1 Å². The number of carbonyl (C=O) groups is 2. The van der Waals surface area contributed by atoms with E-state index in [1.165, 1.54) is 24.3 Å². The van der Waals surface area contributed by atoms with Crippen LogP contribution >= 0.6 is 0 Å². The number of rotatable bonds is 8. The molecule has 0 spiro atoms. The van der Waals surface area contributed by atoms with E-state index in [9.17, 15) is 19.7 Å². The number of hydrogen-bond donors (Lipinski definition) is 1. The van der Waals surface area contributed by atoms with E-state index in [0.29, 0.717) is 36.7 Å². The number of fused-ring (bicyclic) bond motifs is 1. The molecule has 0 saturated carbocycles. The number of ether oxygens (including phenoxy) is 2. The second-order valence-corrected chi connectivity index (χ2v) is 7.29. The van der Waals surface area contributed by atoms with Crippen LogP contribution in [0.1, 0.15) is 16.8 Å². The molecule has 0 saturated heterocycles. The maximum absolute atomic E-state index is 12.5. The summed E-state index contributed by atoms with van der Waals surface area (Å²) >= 11 is 0. The number of nitro groups is 1. The SMILES string of the molecule is O=C(Nc1ccc2c(c1)OCC(=O)N2CCCOc1ccccc1)c1ccc([N+](=O)[O-])cc1. The highest BCUT2D eigenvalue weighted by atomic mass is 16.6. The molecule has 0 atom stereocenters. The molecule has 33 heavy (non-hydrogen) atoms. The molecule has 0 unspecified atom stereocenters. The lowest BCUT2D eigenvalue weighted by molar-refractivity contribution is -0.384. The second kappa shape index (κ2) is 9.82. The van der Waals surface area contributed by atoms with Crippen molar-refractivity contribution in [2.24, 2.45) is 0 Å². The first-order valence-electron chi connectivity index (χ1n) is 10.3. The molecule has 0 aliphatic carbocycles. The number of amides is 2. The lowest BCUT2D eigenvalue weighted by Crippen LogP contribution is -2.39. The number of para-hydroxylation sites is 1. The molecule has 1 aliphatic rings. The fourth-order valence-electron chi connectivity index (χ4n) is 3.39. The molecular formula is C24H21N3O6. The molecule has 0 radical (unpaired) electrons. The lowest BCUT2D eigenvalue weighted by Gasteiger charge is -2.29. The van der Waals surface area contributed by atoms with Crippen molar-refractivity contribution < 1.29 is 24.0 Å². The van der Waals surface area contributed by atoms with Crippen LogP contribution in [-0.2, 0) is 4.79 Å². The van der Waals surface area contributed by atoms with Gasteiger partial charge in [-0.3, -0.25) is 19.7 Å². The van der Waals surface area contributed by atoms with Crippen LogP contribution in [-0.4, -0.2) is 36.5 Å². The fourth-order valence-corrected chi connectivity index (χ4v) is 3.39. The highest BCUT2D eigenvalue weighted by Gasteiger charge is 2.25. The minimum absolute atomic E-state index is 0.0901. The number of hydrogen-bond acceptors (Lipinski definition) is 6. The Morgan fingerprint density at radius 2 is 1.85 bits per heavy atom. The van der Waals surface area contributed by atoms with E-state index in [1.807, 2.05) is 30.3 Å². The van der Waals surface area contributed by atoms with Crippen LogP contribution in [0, 0.1) is 10.1 Å². The average Bonchev–Trinajstić information content (AvgIpc) is 2.83. The van der Waals surface area contributed by atoms with Gasteiger partial charge in [-0.25, -0.2) is 0 Å². The largest absolute Gasteiger partial charge is 0.494 e. The van der Waals surface area contributed by atoms with Gasteiger partial charge in [0.1, 0.15) is 11.5 Å². The molecule has 168 valence electrons. The molecule has 0 bridgehead atoms. The predicted molar refractivity (Wildman–Crippen MR) is 122 cm³/mol. The van der Waals surface area contributed by atoms with Gasteiger partial charge in [-0.1, -0.05) is 18.2 Å². The van der Waals surface area contributed by atoms with E-state index in [4.69, 9.17) is 9.47 Å². The van der Waals surface area contributed by atoms with Crippen molar-refractivity contribution in [3.63, 3.8) is 0 Å². The number of anilines is 2. The van der Waals surface area contributed by atoms with Crippen LogP contribution in [0.5, 0.6) is 11.5 Å². The van der Waals surface area contributed by atoms with Crippen molar-refractivity contribution in [1.29, 1.82) is 0 Å². The Hall–Kier alpha value is -4.40. The van der Waals surface area contributed by atoms with Gasteiger partial charge in [-0.15, -0.1) is 0 Å². The summed E-state index contributed by atoms with van der Waals surface area (Å²) in [6.45, 7) is 0.843. The first-order chi connectivity index (χ1) is 16.0. The molecule has 3 aromatic rings. The Kier molecular flexibility index (Phi) is 6.49. The third-order valence-electron chi connectivity index (χ3n) is 5.04. The second-order valence-electron chi connectivity index (χ2n) is 7.29. The summed E-state index contributed by atoms with van der Waals surface area (Å²) in [5.74, 6) is 0.705. The number of nitrogens with zero attached hydrogens (tertiary/aromatic N) is 2. The molecule has 9 heteroatoms. The maximum Gasteiger partial charge on any atom is 0.269 e. The minimum Gasteiger partial charge on any atom is -0.494 e. The van der Waals surface area contributed by atoms with E-state index < -0.39 is 10.8 Å². The number of carbonyl (C=O) groups excluding carboxylic acids is 2. The highest BCUT2D eigenvalue weighted by molar-refractivity contribution is 6.05. The number of nitro benzene ring substituents is 1. The maximum atomic E-state index is 12.5. The molecule has 4 rings (SSSR count). The van der Waals surface area contributed by atoms with Crippen LogP contribution in [0.25, 0.3) is 0 Å². The molecule has 9 nitrogen and oxygen atoms in total. The van der Waals surface area contributed by atoms with Gasteiger partial charge in [0, 0.05) is 36.0 Å². The van der Waals surface area contributed by atoms with Crippen LogP contribution in [0.3, 0.4) is 0 Å². The zero-order valence-corrected chi connectivity index (χ0v) is 17.6. The topological polar surface area (TPSA) is 111 Å². The summed E-state index contributed by atoms with van der Waals surface area (Å²) in [6.07, 6.45) is 0.638. The molecule has 1 aliphatic heterocycles. The Balaban J connectivity index is 1.39. The van der Waals surface area contributed by atoms with E-state index in [2.05, 4.69) is 5.32 Å². The summed E-state index contributed by atoms with van der Waals surface area (Å²) in [6, 6.07) is 19.8. The summed E-state index contributed by atoms with van der Waals surface area (Å²) in [4.78, 5) is 36.7. The van der Waals surface area contributed by atoms with Gasteiger partial charge < -0.3 is 19.7 Å².